The van der Waals surface area contributed by atoms with Gasteiger partial charge in [0, 0.05) is 50.4 Å². The fraction of sp³-hybridized carbons (Fsp3) is 0.440. The molecule has 3 aliphatic rings. The van der Waals surface area contributed by atoms with Gasteiger partial charge in [-0.05, 0) is 30.5 Å². The summed E-state index contributed by atoms with van der Waals surface area (Å²) in [6.07, 6.45) is 2.80. The third kappa shape index (κ3) is 4.04. The Bertz CT molecular complexity index is 959. The molecular formula is C25H29N3O3. The van der Waals surface area contributed by atoms with E-state index in [2.05, 4.69) is 17.0 Å². The highest BCUT2D eigenvalue weighted by atomic mass is 16.5. The number of rotatable bonds is 5. The Morgan fingerprint density at radius 3 is 2.55 bits per heavy atom. The van der Waals surface area contributed by atoms with Crippen molar-refractivity contribution in [2.24, 2.45) is 5.92 Å². The van der Waals surface area contributed by atoms with Gasteiger partial charge in [-0.25, -0.2) is 0 Å². The summed E-state index contributed by atoms with van der Waals surface area (Å²) in [6, 6.07) is 18.5. The molecule has 6 nitrogen and oxygen atoms in total. The van der Waals surface area contributed by atoms with Crippen LogP contribution in [0.2, 0.25) is 0 Å². The number of methoxy groups -OCH3 is 1. The SMILES string of the molecule is COc1cccc(N2CC(C(=O)N3CCN(C4CC4)CC3c3ccccc3)CC2=O)c1. The number of piperazine rings is 1. The van der Waals surface area contributed by atoms with E-state index >= 15 is 0 Å². The van der Waals surface area contributed by atoms with Crippen LogP contribution in [0.25, 0.3) is 0 Å². The van der Waals surface area contributed by atoms with Crippen LogP contribution in [0.4, 0.5) is 5.69 Å². The van der Waals surface area contributed by atoms with Gasteiger partial charge in [0.05, 0.1) is 19.1 Å². The average molecular weight is 420 g/mol. The first-order valence-electron chi connectivity index (χ1n) is 11.2. The van der Waals surface area contributed by atoms with Gasteiger partial charge in [0.25, 0.3) is 0 Å². The van der Waals surface area contributed by atoms with Crippen LogP contribution in [-0.2, 0) is 9.59 Å². The van der Waals surface area contributed by atoms with Gasteiger partial charge < -0.3 is 14.5 Å². The summed E-state index contributed by atoms with van der Waals surface area (Å²) < 4.78 is 5.30. The lowest BCUT2D eigenvalue weighted by Gasteiger charge is -2.43. The molecule has 2 saturated heterocycles. The van der Waals surface area contributed by atoms with Gasteiger partial charge in [-0.15, -0.1) is 0 Å². The van der Waals surface area contributed by atoms with E-state index in [1.54, 1.807) is 12.0 Å². The molecule has 0 aromatic heterocycles. The zero-order valence-electron chi connectivity index (χ0n) is 17.9. The smallest absolute Gasteiger partial charge is 0.228 e. The minimum absolute atomic E-state index is 0.000481. The highest BCUT2D eigenvalue weighted by Crippen LogP contribution is 2.36. The van der Waals surface area contributed by atoms with E-state index in [1.807, 2.05) is 47.4 Å². The summed E-state index contributed by atoms with van der Waals surface area (Å²) in [5, 5.41) is 0. The first-order chi connectivity index (χ1) is 15.1. The number of ether oxygens (including phenoxy) is 1. The average Bonchev–Trinajstić information content (AvgIpc) is 3.60. The molecule has 2 atom stereocenters. The van der Waals surface area contributed by atoms with Crippen LogP contribution in [0.3, 0.4) is 0 Å². The maximum atomic E-state index is 13.6. The second kappa shape index (κ2) is 8.35. The zero-order valence-corrected chi connectivity index (χ0v) is 17.9. The van der Waals surface area contributed by atoms with Crippen LogP contribution in [0.1, 0.15) is 30.9 Å². The summed E-state index contributed by atoms with van der Waals surface area (Å²) >= 11 is 0. The molecule has 0 radical (unpaired) electrons. The third-order valence-corrected chi connectivity index (χ3v) is 6.78. The maximum absolute atomic E-state index is 13.6. The van der Waals surface area contributed by atoms with E-state index in [0.717, 1.165) is 25.3 Å². The summed E-state index contributed by atoms with van der Waals surface area (Å²) in [4.78, 5) is 32.7. The highest BCUT2D eigenvalue weighted by molar-refractivity contribution is 6.00. The van der Waals surface area contributed by atoms with Gasteiger partial charge >= 0.3 is 0 Å². The van der Waals surface area contributed by atoms with Crippen molar-refractivity contribution in [1.82, 2.24) is 9.80 Å². The predicted octanol–water partition coefficient (Wildman–Crippen LogP) is 3.10. The van der Waals surface area contributed by atoms with Crippen LogP contribution >= 0.6 is 0 Å². The summed E-state index contributed by atoms with van der Waals surface area (Å²) in [5.74, 6) is 0.500. The molecule has 0 spiro atoms. The third-order valence-electron chi connectivity index (χ3n) is 6.78. The number of amides is 2. The van der Waals surface area contributed by atoms with Crippen LogP contribution in [0.5, 0.6) is 5.75 Å². The van der Waals surface area contributed by atoms with Gasteiger partial charge in [-0.3, -0.25) is 14.5 Å². The summed E-state index contributed by atoms with van der Waals surface area (Å²) in [7, 11) is 1.61. The first-order valence-corrected chi connectivity index (χ1v) is 11.2. The lowest BCUT2D eigenvalue weighted by Crippen LogP contribution is -2.52. The van der Waals surface area contributed by atoms with E-state index in [9.17, 15) is 9.59 Å². The lowest BCUT2D eigenvalue weighted by molar-refractivity contribution is -0.141. The maximum Gasteiger partial charge on any atom is 0.228 e. The molecule has 31 heavy (non-hydrogen) atoms. The van der Waals surface area contributed by atoms with Crippen LogP contribution in [0.15, 0.2) is 54.6 Å². The molecular weight excluding hydrogens is 390 g/mol. The minimum Gasteiger partial charge on any atom is -0.497 e. The number of anilines is 1. The number of nitrogens with zero attached hydrogens (tertiary/aromatic N) is 3. The molecule has 1 saturated carbocycles. The van der Waals surface area contributed by atoms with E-state index in [1.165, 1.54) is 18.4 Å². The normalized spacial score (nSPS) is 24.5. The predicted molar refractivity (Wildman–Crippen MR) is 119 cm³/mol. The van der Waals surface area contributed by atoms with E-state index in [0.29, 0.717) is 18.3 Å². The number of hydrogen-bond acceptors (Lipinski definition) is 4. The second-order valence-corrected chi connectivity index (χ2v) is 8.79. The monoisotopic (exact) mass is 419 g/mol. The van der Waals surface area contributed by atoms with Crippen molar-refractivity contribution in [3.8, 4) is 5.75 Å². The number of carbonyl (C=O) groups is 2. The minimum atomic E-state index is -0.308. The molecule has 2 aromatic rings. The van der Waals surface area contributed by atoms with Crippen molar-refractivity contribution in [3.05, 3.63) is 60.2 Å². The Morgan fingerprint density at radius 1 is 1.00 bits per heavy atom. The molecule has 0 N–H and O–H groups in total. The van der Waals surface area contributed by atoms with Crippen molar-refractivity contribution in [3.63, 3.8) is 0 Å². The molecule has 2 unspecified atom stereocenters. The Balaban J connectivity index is 1.35. The number of carbonyl (C=O) groups excluding carboxylic acids is 2. The summed E-state index contributed by atoms with van der Waals surface area (Å²) in [5.41, 5.74) is 1.97. The van der Waals surface area contributed by atoms with E-state index < -0.39 is 0 Å². The van der Waals surface area contributed by atoms with Gasteiger partial charge in [0.1, 0.15) is 5.75 Å². The Kier molecular flexibility index (Phi) is 5.40. The molecule has 2 amide bonds. The van der Waals surface area contributed by atoms with Crippen molar-refractivity contribution in [2.45, 2.75) is 31.3 Å². The van der Waals surface area contributed by atoms with Crippen molar-refractivity contribution in [1.29, 1.82) is 0 Å². The zero-order chi connectivity index (χ0) is 21.4. The largest absolute Gasteiger partial charge is 0.497 e. The molecule has 6 heteroatoms. The highest BCUT2D eigenvalue weighted by Gasteiger charge is 2.42. The Morgan fingerprint density at radius 2 is 1.81 bits per heavy atom. The van der Waals surface area contributed by atoms with Gasteiger partial charge in [-0.2, -0.15) is 0 Å². The van der Waals surface area contributed by atoms with Gasteiger partial charge in [0.2, 0.25) is 11.8 Å². The van der Waals surface area contributed by atoms with Crippen molar-refractivity contribution in [2.75, 3.05) is 38.2 Å². The van der Waals surface area contributed by atoms with Crippen LogP contribution in [-0.4, -0.2) is 60.9 Å². The topological polar surface area (TPSA) is 53.1 Å². The van der Waals surface area contributed by atoms with Gasteiger partial charge in [-0.1, -0.05) is 36.4 Å². The van der Waals surface area contributed by atoms with Crippen LogP contribution in [0, 0.1) is 5.92 Å². The Hall–Kier alpha value is -2.86. The van der Waals surface area contributed by atoms with E-state index in [4.69, 9.17) is 4.74 Å². The fourth-order valence-corrected chi connectivity index (χ4v) is 4.94. The fourth-order valence-electron chi connectivity index (χ4n) is 4.94. The number of benzene rings is 2. The van der Waals surface area contributed by atoms with Gasteiger partial charge in [0.15, 0.2) is 0 Å². The molecule has 0 bridgehead atoms. The summed E-state index contributed by atoms with van der Waals surface area (Å²) in [6.45, 7) is 2.94. The quantitative estimate of drug-likeness (QED) is 0.747. The molecule has 1 aliphatic carbocycles. The molecule has 3 fully saturated rings. The molecule has 2 aromatic carbocycles. The lowest BCUT2D eigenvalue weighted by atomic mass is 9.98. The molecule has 2 heterocycles. The first kappa shape index (κ1) is 20.1. The molecule has 162 valence electrons. The standard InChI is InChI=1S/C25H29N3O3/c1-31-22-9-5-8-21(15-22)28-16-19(14-24(28)29)25(30)27-13-12-26(20-10-11-20)17-23(27)18-6-3-2-4-7-18/h2-9,15,19-20,23H,10-14,16-17H2,1H3. The van der Waals surface area contributed by atoms with Crippen molar-refractivity contribution < 1.29 is 14.3 Å². The van der Waals surface area contributed by atoms with E-state index in [-0.39, 0.29) is 30.2 Å². The van der Waals surface area contributed by atoms with Crippen molar-refractivity contribution >= 4 is 17.5 Å². The Labute approximate surface area is 183 Å². The molecule has 2 aliphatic heterocycles. The van der Waals surface area contributed by atoms with Crippen LogP contribution < -0.4 is 9.64 Å². The number of hydrogen-bond donors (Lipinski definition) is 0. The second-order valence-electron chi connectivity index (χ2n) is 8.79. The molecule has 5 rings (SSSR count).